The minimum atomic E-state index is -0.963. The Hall–Kier alpha value is -1.84. The maximum absolute atomic E-state index is 12.1. The molecule has 0 radical (unpaired) electrons. The zero-order chi connectivity index (χ0) is 14.2. The van der Waals surface area contributed by atoms with Gasteiger partial charge in [-0.25, -0.2) is 4.79 Å². The van der Waals surface area contributed by atoms with E-state index in [1.165, 1.54) is 0 Å². The van der Waals surface area contributed by atoms with Crippen LogP contribution < -0.4 is 4.74 Å². The molecule has 1 atom stereocenters. The van der Waals surface area contributed by atoms with Crippen LogP contribution in [0.25, 0.3) is 0 Å². The Morgan fingerprint density at radius 3 is 2.63 bits per heavy atom. The Morgan fingerprint density at radius 2 is 2.05 bits per heavy atom. The third-order valence-electron chi connectivity index (χ3n) is 3.64. The van der Waals surface area contributed by atoms with Gasteiger partial charge in [0, 0.05) is 18.4 Å². The zero-order valence-corrected chi connectivity index (χ0v) is 11.4. The van der Waals surface area contributed by atoms with Crippen molar-refractivity contribution in [1.29, 1.82) is 0 Å². The summed E-state index contributed by atoms with van der Waals surface area (Å²) < 4.78 is 5.46. The van der Waals surface area contributed by atoms with Crippen LogP contribution >= 0.6 is 0 Å². The van der Waals surface area contributed by atoms with Crippen molar-refractivity contribution in [3.63, 3.8) is 0 Å². The molecule has 0 spiro atoms. The van der Waals surface area contributed by atoms with Gasteiger partial charge in [0.2, 0.25) is 0 Å². The van der Waals surface area contributed by atoms with Crippen LogP contribution in [-0.2, 0) is 11.2 Å². The first kappa shape index (κ1) is 13.6. The normalized spacial score (nSPS) is 16.9. The van der Waals surface area contributed by atoms with E-state index in [9.17, 15) is 9.59 Å². The van der Waals surface area contributed by atoms with Gasteiger partial charge in [0.15, 0.2) is 11.9 Å². The molecule has 1 aromatic carbocycles. The van der Waals surface area contributed by atoms with Gasteiger partial charge in [-0.2, -0.15) is 0 Å². The number of carbonyl (C=O) groups excluding carboxylic acids is 1. The summed E-state index contributed by atoms with van der Waals surface area (Å²) in [6.45, 7) is 5.73. The molecular formula is C15H18O4. The van der Waals surface area contributed by atoms with Gasteiger partial charge in [0.05, 0.1) is 0 Å². The second-order valence-corrected chi connectivity index (χ2v) is 4.98. The molecule has 19 heavy (non-hydrogen) atoms. The highest BCUT2D eigenvalue weighted by molar-refractivity contribution is 5.98. The number of carboxylic acids is 1. The van der Waals surface area contributed by atoms with Gasteiger partial charge in [-0.15, -0.1) is 0 Å². The molecule has 1 heterocycles. The SMILES string of the molecule is CCCC(=O)c1cc2c(c(C)c1C)OC(C(=O)O)C2. The highest BCUT2D eigenvalue weighted by Gasteiger charge is 2.31. The van der Waals surface area contributed by atoms with E-state index in [4.69, 9.17) is 9.84 Å². The molecule has 0 aromatic heterocycles. The van der Waals surface area contributed by atoms with Crippen molar-refractivity contribution in [2.24, 2.45) is 0 Å². The number of hydrogen-bond donors (Lipinski definition) is 1. The van der Waals surface area contributed by atoms with E-state index in [2.05, 4.69) is 0 Å². The first-order chi connectivity index (χ1) is 8.95. The lowest BCUT2D eigenvalue weighted by atomic mass is 9.93. The fourth-order valence-electron chi connectivity index (χ4n) is 2.45. The maximum Gasteiger partial charge on any atom is 0.345 e. The van der Waals surface area contributed by atoms with Crippen LogP contribution in [0.2, 0.25) is 0 Å². The van der Waals surface area contributed by atoms with E-state index in [1.54, 1.807) is 6.07 Å². The quantitative estimate of drug-likeness (QED) is 0.847. The summed E-state index contributed by atoms with van der Waals surface area (Å²) in [6.07, 6.45) is 0.827. The molecule has 0 amide bonds. The number of fused-ring (bicyclic) bond motifs is 1. The third-order valence-corrected chi connectivity index (χ3v) is 3.64. The lowest BCUT2D eigenvalue weighted by molar-refractivity contribution is -0.144. The van der Waals surface area contributed by atoms with Crippen LogP contribution in [0, 0.1) is 13.8 Å². The first-order valence-electron chi connectivity index (χ1n) is 6.51. The summed E-state index contributed by atoms with van der Waals surface area (Å²) in [5, 5.41) is 9.02. The zero-order valence-electron chi connectivity index (χ0n) is 11.4. The fraction of sp³-hybridized carbons (Fsp3) is 0.467. The first-order valence-corrected chi connectivity index (χ1v) is 6.51. The summed E-state index contributed by atoms with van der Waals surface area (Å²) in [6, 6.07) is 1.80. The van der Waals surface area contributed by atoms with Gasteiger partial charge in [0.1, 0.15) is 5.75 Å². The van der Waals surface area contributed by atoms with E-state index < -0.39 is 12.1 Å². The standard InChI is InChI=1S/C15H18O4/c1-4-5-12(16)11-6-10-7-13(15(17)18)19-14(10)9(3)8(11)2/h6,13H,4-5,7H2,1-3H3,(H,17,18). The van der Waals surface area contributed by atoms with Gasteiger partial charge in [-0.05, 0) is 43.0 Å². The molecule has 4 nitrogen and oxygen atoms in total. The van der Waals surface area contributed by atoms with Gasteiger partial charge < -0.3 is 9.84 Å². The number of ketones is 1. The second kappa shape index (κ2) is 5.03. The van der Waals surface area contributed by atoms with Crippen LogP contribution in [-0.4, -0.2) is 23.0 Å². The van der Waals surface area contributed by atoms with Crippen molar-refractivity contribution in [1.82, 2.24) is 0 Å². The van der Waals surface area contributed by atoms with Gasteiger partial charge >= 0.3 is 5.97 Å². The summed E-state index contributed by atoms with van der Waals surface area (Å²) in [4.78, 5) is 23.1. The monoisotopic (exact) mass is 262 g/mol. The predicted molar refractivity (Wildman–Crippen MR) is 70.9 cm³/mol. The van der Waals surface area contributed by atoms with Crippen molar-refractivity contribution >= 4 is 11.8 Å². The molecule has 1 aliphatic heterocycles. The van der Waals surface area contributed by atoms with Crippen LogP contribution in [0.4, 0.5) is 0 Å². The minimum absolute atomic E-state index is 0.115. The molecule has 0 saturated carbocycles. The Kier molecular flexibility index (Phi) is 3.60. The Balaban J connectivity index is 2.43. The highest BCUT2D eigenvalue weighted by atomic mass is 16.5. The topological polar surface area (TPSA) is 63.6 Å². The van der Waals surface area contributed by atoms with Crippen molar-refractivity contribution < 1.29 is 19.4 Å². The Labute approximate surface area is 112 Å². The molecular weight excluding hydrogens is 244 g/mol. The highest BCUT2D eigenvalue weighted by Crippen LogP contribution is 2.36. The number of Topliss-reactive ketones (excluding diaryl/α,β-unsaturated/α-hetero) is 1. The average molecular weight is 262 g/mol. The van der Waals surface area contributed by atoms with Gasteiger partial charge in [0.25, 0.3) is 0 Å². The van der Waals surface area contributed by atoms with Crippen molar-refractivity contribution in [3.05, 3.63) is 28.3 Å². The van der Waals surface area contributed by atoms with Crippen LogP contribution in [0.15, 0.2) is 6.07 Å². The number of carbonyl (C=O) groups is 2. The molecule has 1 unspecified atom stereocenters. The van der Waals surface area contributed by atoms with Crippen LogP contribution in [0.1, 0.15) is 46.8 Å². The van der Waals surface area contributed by atoms with Crippen molar-refractivity contribution in [3.8, 4) is 5.75 Å². The molecule has 1 aromatic rings. The smallest absolute Gasteiger partial charge is 0.345 e. The Bertz CT molecular complexity index is 546. The van der Waals surface area contributed by atoms with Crippen LogP contribution in [0.5, 0.6) is 5.75 Å². The number of benzene rings is 1. The molecule has 0 saturated heterocycles. The fourth-order valence-corrected chi connectivity index (χ4v) is 2.45. The summed E-state index contributed by atoms with van der Waals surface area (Å²) in [5.41, 5.74) is 3.30. The number of rotatable bonds is 4. The van der Waals surface area contributed by atoms with Crippen LogP contribution in [0.3, 0.4) is 0 Å². The van der Waals surface area contributed by atoms with Gasteiger partial charge in [-0.1, -0.05) is 6.92 Å². The third kappa shape index (κ3) is 2.35. The molecule has 102 valence electrons. The lowest BCUT2D eigenvalue weighted by Gasteiger charge is -2.12. The number of carboxylic acid groups (broad SMARTS) is 1. The number of ether oxygens (including phenoxy) is 1. The molecule has 4 heteroatoms. The lowest BCUT2D eigenvalue weighted by Crippen LogP contribution is -2.24. The van der Waals surface area contributed by atoms with Crippen molar-refractivity contribution in [2.45, 2.75) is 46.1 Å². The molecule has 0 bridgehead atoms. The number of aliphatic carboxylic acids is 1. The van der Waals surface area contributed by atoms with Gasteiger partial charge in [-0.3, -0.25) is 4.79 Å². The summed E-state index contributed by atoms with van der Waals surface area (Å²) >= 11 is 0. The molecule has 1 N–H and O–H groups in total. The average Bonchev–Trinajstić information content (AvgIpc) is 2.78. The molecule has 0 aliphatic carbocycles. The van der Waals surface area contributed by atoms with E-state index in [-0.39, 0.29) is 5.78 Å². The minimum Gasteiger partial charge on any atom is -0.478 e. The van der Waals surface area contributed by atoms with Crippen molar-refractivity contribution in [2.75, 3.05) is 0 Å². The predicted octanol–water partition coefficient (Wildman–Crippen LogP) is 2.67. The molecule has 0 fully saturated rings. The molecule has 2 rings (SSSR count). The van der Waals surface area contributed by atoms with E-state index >= 15 is 0 Å². The summed E-state index contributed by atoms with van der Waals surface area (Å²) in [7, 11) is 0. The Morgan fingerprint density at radius 1 is 1.37 bits per heavy atom. The number of hydrogen-bond acceptors (Lipinski definition) is 3. The van der Waals surface area contributed by atoms with E-state index in [1.807, 2.05) is 20.8 Å². The van der Waals surface area contributed by atoms with E-state index in [0.717, 1.165) is 23.1 Å². The second-order valence-electron chi connectivity index (χ2n) is 4.98. The summed E-state index contributed by atoms with van der Waals surface area (Å²) in [5.74, 6) is -0.211. The van der Waals surface area contributed by atoms with E-state index in [0.29, 0.717) is 24.2 Å². The maximum atomic E-state index is 12.1. The largest absolute Gasteiger partial charge is 0.478 e. The molecule has 1 aliphatic rings.